The van der Waals surface area contributed by atoms with Crippen molar-refractivity contribution < 1.29 is 9.59 Å². The van der Waals surface area contributed by atoms with Crippen LogP contribution >= 0.6 is 11.6 Å². The smallest absolute Gasteiger partial charge is 0.148 e. The molecular formula is C19H17ClO2. The SMILES string of the molecule is CCc1ccc(-c2ccc(Cl)cc2)cc1C1C(=O)CCC1=O. The lowest BCUT2D eigenvalue weighted by Gasteiger charge is -2.15. The number of hydrogen-bond acceptors (Lipinski definition) is 2. The summed E-state index contributed by atoms with van der Waals surface area (Å²) in [6, 6.07) is 13.6. The highest BCUT2D eigenvalue weighted by Gasteiger charge is 2.35. The van der Waals surface area contributed by atoms with Crippen LogP contribution in [0.2, 0.25) is 5.02 Å². The summed E-state index contributed by atoms with van der Waals surface area (Å²) in [7, 11) is 0. The van der Waals surface area contributed by atoms with Gasteiger partial charge in [-0.1, -0.05) is 42.8 Å². The first-order valence-corrected chi connectivity index (χ1v) is 7.92. The van der Waals surface area contributed by atoms with Gasteiger partial charge in [0.15, 0.2) is 0 Å². The van der Waals surface area contributed by atoms with Crippen molar-refractivity contribution in [1.29, 1.82) is 0 Å². The number of rotatable bonds is 3. The monoisotopic (exact) mass is 312 g/mol. The van der Waals surface area contributed by atoms with Crippen LogP contribution in [0, 0.1) is 0 Å². The first kappa shape index (κ1) is 15.0. The molecule has 0 spiro atoms. The van der Waals surface area contributed by atoms with E-state index >= 15 is 0 Å². The van der Waals surface area contributed by atoms with E-state index in [1.54, 1.807) is 0 Å². The van der Waals surface area contributed by atoms with E-state index in [0.29, 0.717) is 17.9 Å². The van der Waals surface area contributed by atoms with E-state index in [9.17, 15) is 9.59 Å². The van der Waals surface area contributed by atoms with Crippen LogP contribution in [0.4, 0.5) is 0 Å². The Morgan fingerprint density at radius 3 is 2.14 bits per heavy atom. The molecule has 112 valence electrons. The Hall–Kier alpha value is -1.93. The predicted octanol–water partition coefficient (Wildman–Crippen LogP) is 4.59. The molecule has 2 nitrogen and oxygen atoms in total. The van der Waals surface area contributed by atoms with Gasteiger partial charge in [-0.2, -0.15) is 0 Å². The van der Waals surface area contributed by atoms with Crippen LogP contribution in [0.3, 0.4) is 0 Å². The Morgan fingerprint density at radius 2 is 1.55 bits per heavy atom. The summed E-state index contributed by atoms with van der Waals surface area (Å²) in [5, 5.41) is 0.690. The van der Waals surface area contributed by atoms with E-state index in [4.69, 9.17) is 11.6 Å². The summed E-state index contributed by atoms with van der Waals surface area (Å²) >= 11 is 5.93. The van der Waals surface area contributed by atoms with E-state index in [1.807, 2.05) is 49.4 Å². The zero-order valence-electron chi connectivity index (χ0n) is 12.4. The third-order valence-corrected chi connectivity index (χ3v) is 4.53. The fourth-order valence-corrected chi connectivity index (χ4v) is 3.20. The van der Waals surface area contributed by atoms with Crippen LogP contribution in [0.1, 0.15) is 36.8 Å². The van der Waals surface area contributed by atoms with Crippen LogP contribution in [0.5, 0.6) is 0 Å². The van der Waals surface area contributed by atoms with E-state index < -0.39 is 5.92 Å². The fourth-order valence-electron chi connectivity index (χ4n) is 3.07. The number of Topliss-reactive ketones (excluding diaryl/α,β-unsaturated/α-hetero) is 2. The molecule has 0 heterocycles. The number of ketones is 2. The minimum Gasteiger partial charge on any atom is -0.299 e. The summed E-state index contributed by atoms with van der Waals surface area (Å²) in [6.45, 7) is 2.05. The van der Waals surface area contributed by atoms with Gasteiger partial charge in [-0.15, -0.1) is 0 Å². The average Bonchev–Trinajstić information content (AvgIpc) is 2.86. The third kappa shape index (κ3) is 2.71. The molecule has 1 fully saturated rings. The van der Waals surface area contributed by atoms with Crippen LogP contribution in [-0.2, 0) is 16.0 Å². The molecule has 0 atom stereocenters. The van der Waals surface area contributed by atoms with Crippen molar-refractivity contribution in [2.75, 3.05) is 0 Å². The van der Waals surface area contributed by atoms with Gasteiger partial charge < -0.3 is 0 Å². The topological polar surface area (TPSA) is 34.1 Å². The Balaban J connectivity index is 2.08. The van der Waals surface area contributed by atoms with Crippen LogP contribution in [-0.4, -0.2) is 11.6 Å². The minimum absolute atomic E-state index is 0.0490. The van der Waals surface area contributed by atoms with E-state index in [1.165, 1.54) is 0 Å². The zero-order chi connectivity index (χ0) is 15.7. The third-order valence-electron chi connectivity index (χ3n) is 4.28. The van der Waals surface area contributed by atoms with Gasteiger partial charge in [-0.25, -0.2) is 0 Å². The van der Waals surface area contributed by atoms with E-state index in [0.717, 1.165) is 28.7 Å². The molecule has 0 radical (unpaired) electrons. The lowest BCUT2D eigenvalue weighted by Crippen LogP contribution is -2.14. The first-order chi connectivity index (χ1) is 10.6. The molecule has 0 aliphatic heterocycles. The molecule has 0 N–H and O–H groups in total. The minimum atomic E-state index is -0.567. The summed E-state index contributed by atoms with van der Waals surface area (Å²) in [5.74, 6) is -0.469. The molecule has 1 saturated carbocycles. The maximum Gasteiger partial charge on any atom is 0.148 e. The predicted molar refractivity (Wildman–Crippen MR) is 88.3 cm³/mol. The molecule has 3 heteroatoms. The van der Waals surface area contributed by atoms with Gasteiger partial charge >= 0.3 is 0 Å². The number of benzene rings is 2. The summed E-state index contributed by atoms with van der Waals surface area (Å²) in [6.07, 6.45) is 1.56. The summed E-state index contributed by atoms with van der Waals surface area (Å²) in [5.41, 5.74) is 4.00. The van der Waals surface area contributed by atoms with Gasteiger partial charge in [0.2, 0.25) is 0 Å². The molecule has 0 amide bonds. The Kier molecular flexibility index (Phi) is 4.12. The lowest BCUT2D eigenvalue weighted by atomic mass is 9.88. The Bertz CT molecular complexity index is 716. The molecule has 2 aromatic carbocycles. The quantitative estimate of drug-likeness (QED) is 0.777. The van der Waals surface area contributed by atoms with Crippen LogP contribution < -0.4 is 0 Å². The number of carbonyl (C=O) groups is 2. The van der Waals surface area contributed by atoms with Gasteiger partial charge in [0.25, 0.3) is 0 Å². The van der Waals surface area contributed by atoms with Crippen LogP contribution in [0.25, 0.3) is 11.1 Å². The maximum atomic E-state index is 12.1. The highest BCUT2D eigenvalue weighted by Crippen LogP contribution is 2.34. The van der Waals surface area contributed by atoms with Gasteiger partial charge in [0, 0.05) is 17.9 Å². The zero-order valence-corrected chi connectivity index (χ0v) is 13.2. The largest absolute Gasteiger partial charge is 0.299 e. The average molecular weight is 313 g/mol. The van der Waals surface area contributed by atoms with Crippen molar-refractivity contribution in [2.45, 2.75) is 32.1 Å². The standard InChI is InChI=1S/C19H17ClO2/c1-2-12-3-4-14(13-5-7-15(20)8-6-13)11-16(12)19-17(21)9-10-18(19)22/h3-8,11,19H,2,9-10H2,1H3. The molecule has 0 saturated heterocycles. The van der Waals surface area contributed by atoms with Crippen molar-refractivity contribution in [3.63, 3.8) is 0 Å². The van der Waals surface area contributed by atoms with E-state index in [2.05, 4.69) is 0 Å². The van der Waals surface area contributed by atoms with Crippen molar-refractivity contribution in [1.82, 2.24) is 0 Å². The van der Waals surface area contributed by atoms with Gasteiger partial charge in [0.1, 0.15) is 17.5 Å². The molecule has 3 rings (SSSR count). The normalized spacial score (nSPS) is 15.5. The number of halogens is 1. The highest BCUT2D eigenvalue weighted by atomic mass is 35.5. The lowest BCUT2D eigenvalue weighted by molar-refractivity contribution is -0.123. The maximum absolute atomic E-state index is 12.1. The summed E-state index contributed by atoms with van der Waals surface area (Å²) < 4.78 is 0. The molecule has 1 aliphatic carbocycles. The van der Waals surface area contributed by atoms with Crippen LogP contribution in [0.15, 0.2) is 42.5 Å². The van der Waals surface area contributed by atoms with Gasteiger partial charge in [0.05, 0.1) is 0 Å². The summed E-state index contributed by atoms with van der Waals surface area (Å²) in [4.78, 5) is 24.2. The highest BCUT2D eigenvalue weighted by molar-refractivity contribution is 6.30. The Labute approximate surface area is 135 Å². The molecule has 2 aromatic rings. The number of hydrogen-bond donors (Lipinski definition) is 0. The van der Waals surface area contributed by atoms with Crippen molar-refractivity contribution in [3.8, 4) is 11.1 Å². The number of carbonyl (C=O) groups excluding carboxylic acids is 2. The number of aryl methyl sites for hydroxylation is 1. The molecular weight excluding hydrogens is 296 g/mol. The molecule has 0 unspecified atom stereocenters. The molecule has 0 aromatic heterocycles. The van der Waals surface area contributed by atoms with Crippen molar-refractivity contribution in [2.24, 2.45) is 0 Å². The second-order valence-electron chi connectivity index (χ2n) is 5.64. The van der Waals surface area contributed by atoms with Crippen molar-refractivity contribution >= 4 is 23.2 Å². The molecule has 22 heavy (non-hydrogen) atoms. The molecule has 0 bridgehead atoms. The molecule has 1 aliphatic rings. The first-order valence-electron chi connectivity index (χ1n) is 7.54. The van der Waals surface area contributed by atoms with E-state index in [-0.39, 0.29) is 11.6 Å². The second-order valence-corrected chi connectivity index (χ2v) is 6.08. The Morgan fingerprint density at radius 1 is 0.955 bits per heavy atom. The van der Waals surface area contributed by atoms with Gasteiger partial charge in [-0.05, 0) is 46.9 Å². The van der Waals surface area contributed by atoms with Crippen molar-refractivity contribution in [3.05, 3.63) is 58.6 Å². The second kappa shape index (κ2) is 6.05. The van der Waals surface area contributed by atoms with Gasteiger partial charge in [-0.3, -0.25) is 9.59 Å². The fraction of sp³-hybridized carbons (Fsp3) is 0.263.